The van der Waals surface area contributed by atoms with Gasteiger partial charge in [-0.25, -0.2) is 0 Å². The van der Waals surface area contributed by atoms with Crippen molar-refractivity contribution in [2.24, 2.45) is 0 Å². The summed E-state index contributed by atoms with van der Waals surface area (Å²) in [5.41, 5.74) is -0.440. The minimum Gasteiger partial charge on any atom is -0.483 e. The molecule has 1 saturated heterocycles. The molecule has 2 N–H and O–H groups in total. The van der Waals surface area contributed by atoms with Crippen molar-refractivity contribution in [3.63, 3.8) is 0 Å². The van der Waals surface area contributed by atoms with E-state index in [2.05, 4.69) is 20.4 Å². The summed E-state index contributed by atoms with van der Waals surface area (Å²) >= 11 is 0. The molecule has 1 aromatic rings. The third kappa shape index (κ3) is 4.77. The molecule has 0 bridgehead atoms. The van der Waals surface area contributed by atoms with Gasteiger partial charge in [-0.15, -0.1) is 0 Å². The highest BCUT2D eigenvalue weighted by Crippen LogP contribution is 2.38. The molecule has 1 aromatic heterocycles. The van der Waals surface area contributed by atoms with Crippen molar-refractivity contribution in [2.45, 2.75) is 57.4 Å². The minimum atomic E-state index is -0.440. The number of hydrogen-bond acceptors (Lipinski definition) is 6. The van der Waals surface area contributed by atoms with E-state index in [1.807, 2.05) is 13.8 Å². The molecule has 1 amide bonds. The summed E-state index contributed by atoms with van der Waals surface area (Å²) in [6.07, 6.45) is 5.30. The van der Waals surface area contributed by atoms with E-state index in [4.69, 9.17) is 14.4 Å². The Hall–Kier alpha value is -1.96. The molecule has 0 unspecified atom stereocenters. The average Bonchev–Trinajstić information content (AvgIpc) is 3.04. The normalized spacial score (nSPS) is 17.9. The highest BCUT2D eigenvalue weighted by molar-refractivity contribution is 5.85. The maximum absolute atomic E-state index is 12.3. The van der Waals surface area contributed by atoms with Crippen molar-refractivity contribution in [3.05, 3.63) is 11.7 Å². The lowest BCUT2D eigenvalue weighted by atomic mass is 10.0. The SMILES string of the molecule is CC(C)(C(=O)NCCc1nc(C2CC2)no1)N1CCCC1.O=CO. The number of hydrogen-bond donors (Lipinski definition) is 2. The van der Waals surface area contributed by atoms with Gasteiger partial charge in [0.05, 0.1) is 5.54 Å². The zero-order valence-corrected chi connectivity index (χ0v) is 14.3. The van der Waals surface area contributed by atoms with Gasteiger partial charge in [0.25, 0.3) is 6.47 Å². The summed E-state index contributed by atoms with van der Waals surface area (Å²) in [5.74, 6) is 2.03. The van der Waals surface area contributed by atoms with Gasteiger partial charge in [-0.1, -0.05) is 5.16 Å². The quantitative estimate of drug-likeness (QED) is 0.750. The first-order valence-corrected chi connectivity index (χ1v) is 8.42. The van der Waals surface area contributed by atoms with Gasteiger partial charge in [-0.2, -0.15) is 4.98 Å². The maximum Gasteiger partial charge on any atom is 0.290 e. The Morgan fingerprint density at radius 3 is 2.62 bits per heavy atom. The van der Waals surface area contributed by atoms with Crippen LogP contribution in [0.5, 0.6) is 0 Å². The lowest BCUT2D eigenvalue weighted by molar-refractivity contribution is -0.131. The summed E-state index contributed by atoms with van der Waals surface area (Å²) in [7, 11) is 0. The Labute approximate surface area is 141 Å². The van der Waals surface area contributed by atoms with E-state index in [1.54, 1.807) is 0 Å². The molecule has 3 rings (SSSR count). The van der Waals surface area contributed by atoms with Crippen LogP contribution in [-0.2, 0) is 16.0 Å². The standard InChI is InChI=1S/C15H24N4O2.CH2O2/c1-15(2,19-9-3-4-10-19)14(20)16-8-7-12-17-13(18-21-12)11-5-6-11;2-1-3/h11H,3-10H2,1-2H3,(H,16,20);1H,(H,2,3). The molecule has 24 heavy (non-hydrogen) atoms. The van der Waals surface area contributed by atoms with Gasteiger partial charge in [0.15, 0.2) is 5.82 Å². The van der Waals surface area contributed by atoms with E-state index in [-0.39, 0.29) is 12.4 Å². The summed E-state index contributed by atoms with van der Waals surface area (Å²) < 4.78 is 5.21. The second-order valence-electron chi connectivity index (χ2n) is 6.69. The van der Waals surface area contributed by atoms with Crippen molar-refractivity contribution in [1.29, 1.82) is 0 Å². The van der Waals surface area contributed by atoms with Crippen LogP contribution in [0.1, 0.15) is 57.2 Å². The van der Waals surface area contributed by atoms with Gasteiger partial charge in [-0.05, 0) is 52.6 Å². The first kappa shape index (κ1) is 18.4. The van der Waals surface area contributed by atoms with Crippen LogP contribution in [0.4, 0.5) is 0 Å². The molecule has 1 aliphatic carbocycles. The van der Waals surface area contributed by atoms with Gasteiger partial charge in [0, 0.05) is 18.9 Å². The Bertz CT molecular complexity index is 548. The van der Waals surface area contributed by atoms with Gasteiger partial charge in [0.2, 0.25) is 11.8 Å². The minimum absolute atomic E-state index is 0.0753. The second-order valence-corrected chi connectivity index (χ2v) is 6.69. The predicted molar refractivity (Wildman–Crippen MR) is 86.6 cm³/mol. The van der Waals surface area contributed by atoms with Crippen molar-refractivity contribution < 1.29 is 19.2 Å². The molecule has 0 radical (unpaired) electrons. The van der Waals surface area contributed by atoms with Crippen LogP contribution in [0.2, 0.25) is 0 Å². The fourth-order valence-corrected chi connectivity index (χ4v) is 2.80. The van der Waals surface area contributed by atoms with Crippen LogP contribution in [-0.4, -0.2) is 57.7 Å². The molecule has 134 valence electrons. The third-order valence-electron chi connectivity index (χ3n) is 4.50. The van der Waals surface area contributed by atoms with Gasteiger partial charge >= 0.3 is 0 Å². The number of nitrogens with one attached hydrogen (secondary N) is 1. The fraction of sp³-hybridized carbons (Fsp3) is 0.750. The van der Waals surface area contributed by atoms with E-state index >= 15 is 0 Å². The van der Waals surface area contributed by atoms with E-state index in [9.17, 15) is 4.79 Å². The van der Waals surface area contributed by atoms with Crippen LogP contribution >= 0.6 is 0 Å². The highest BCUT2D eigenvalue weighted by Gasteiger charge is 2.35. The van der Waals surface area contributed by atoms with Gasteiger partial charge < -0.3 is 14.9 Å². The molecular formula is C16H26N4O4. The number of aromatic nitrogens is 2. The smallest absolute Gasteiger partial charge is 0.290 e. The Morgan fingerprint density at radius 1 is 1.42 bits per heavy atom. The molecule has 0 aromatic carbocycles. The van der Waals surface area contributed by atoms with Crippen molar-refractivity contribution in [3.8, 4) is 0 Å². The summed E-state index contributed by atoms with van der Waals surface area (Å²) in [6.45, 7) is 6.29. The first-order chi connectivity index (χ1) is 11.5. The highest BCUT2D eigenvalue weighted by atomic mass is 16.5. The van der Waals surface area contributed by atoms with E-state index in [0.717, 1.165) is 18.9 Å². The third-order valence-corrected chi connectivity index (χ3v) is 4.50. The summed E-state index contributed by atoms with van der Waals surface area (Å²) in [5, 5.41) is 13.9. The Kier molecular flexibility index (Phi) is 6.30. The fourth-order valence-electron chi connectivity index (χ4n) is 2.80. The number of rotatable bonds is 6. The van der Waals surface area contributed by atoms with Crippen molar-refractivity contribution in [2.75, 3.05) is 19.6 Å². The topological polar surface area (TPSA) is 109 Å². The molecule has 2 aliphatic rings. The molecule has 0 spiro atoms. The molecular weight excluding hydrogens is 312 g/mol. The van der Waals surface area contributed by atoms with E-state index in [1.165, 1.54) is 25.7 Å². The molecule has 2 fully saturated rings. The second kappa shape index (κ2) is 8.23. The number of nitrogens with zero attached hydrogens (tertiary/aromatic N) is 3. The predicted octanol–water partition coefficient (Wildman–Crippen LogP) is 1.18. The van der Waals surface area contributed by atoms with Crippen molar-refractivity contribution in [1.82, 2.24) is 20.4 Å². The number of likely N-dealkylation sites (tertiary alicyclic amines) is 1. The number of carbonyl (C=O) groups excluding carboxylic acids is 1. The molecule has 1 aliphatic heterocycles. The average molecular weight is 338 g/mol. The largest absolute Gasteiger partial charge is 0.483 e. The number of carbonyl (C=O) groups is 2. The van der Waals surface area contributed by atoms with Crippen LogP contribution < -0.4 is 5.32 Å². The van der Waals surface area contributed by atoms with Gasteiger partial charge in [0.1, 0.15) is 0 Å². The number of carboxylic acid groups (broad SMARTS) is 1. The zero-order valence-electron chi connectivity index (χ0n) is 14.3. The lowest BCUT2D eigenvalue weighted by Gasteiger charge is -2.33. The molecule has 2 heterocycles. The monoisotopic (exact) mass is 338 g/mol. The van der Waals surface area contributed by atoms with Crippen LogP contribution in [0.25, 0.3) is 0 Å². The molecule has 8 heteroatoms. The van der Waals surface area contributed by atoms with Crippen LogP contribution in [0, 0.1) is 0 Å². The lowest BCUT2D eigenvalue weighted by Crippen LogP contribution is -2.54. The Morgan fingerprint density at radius 2 is 2.04 bits per heavy atom. The maximum atomic E-state index is 12.3. The van der Waals surface area contributed by atoms with Crippen LogP contribution in [0.15, 0.2) is 4.52 Å². The number of amides is 1. The zero-order chi connectivity index (χ0) is 17.6. The molecule has 1 saturated carbocycles. The van der Waals surface area contributed by atoms with E-state index < -0.39 is 5.54 Å². The summed E-state index contributed by atoms with van der Waals surface area (Å²) in [4.78, 5) is 27.3. The summed E-state index contributed by atoms with van der Waals surface area (Å²) in [6, 6.07) is 0. The van der Waals surface area contributed by atoms with Crippen molar-refractivity contribution >= 4 is 12.4 Å². The molecule has 8 nitrogen and oxygen atoms in total. The molecule has 0 atom stereocenters. The van der Waals surface area contributed by atoms with Crippen LogP contribution in [0.3, 0.4) is 0 Å². The van der Waals surface area contributed by atoms with E-state index in [0.29, 0.717) is 24.8 Å². The first-order valence-electron chi connectivity index (χ1n) is 8.42. The van der Waals surface area contributed by atoms with Gasteiger partial charge in [-0.3, -0.25) is 14.5 Å². The Balaban J connectivity index is 0.000000647.